The quantitative estimate of drug-likeness (QED) is 0.639. The summed E-state index contributed by atoms with van der Waals surface area (Å²) in [5, 5.41) is 2.97. The van der Waals surface area contributed by atoms with Crippen molar-refractivity contribution < 1.29 is 18.0 Å². The van der Waals surface area contributed by atoms with E-state index in [0.717, 1.165) is 17.7 Å². The lowest BCUT2D eigenvalue weighted by Gasteiger charge is -2.10. The Bertz CT molecular complexity index is 940. The Kier molecular flexibility index (Phi) is 4.95. The number of carbonyl (C=O) groups excluding carboxylic acids is 1. The highest BCUT2D eigenvalue weighted by Gasteiger charge is 2.30. The highest BCUT2D eigenvalue weighted by molar-refractivity contribution is 6.33. The van der Waals surface area contributed by atoms with Gasteiger partial charge in [-0.3, -0.25) is 9.78 Å². The van der Waals surface area contributed by atoms with E-state index in [0.29, 0.717) is 10.7 Å². The molecule has 0 aliphatic heterocycles. The predicted octanol–water partition coefficient (Wildman–Crippen LogP) is 5.67. The fourth-order valence-corrected chi connectivity index (χ4v) is 2.57. The van der Waals surface area contributed by atoms with Crippen molar-refractivity contribution in [2.45, 2.75) is 6.18 Å². The maximum Gasteiger partial charge on any atom is 0.416 e. The van der Waals surface area contributed by atoms with Gasteiger partial charge in [-0.15, -0.1) is 0 Å². The summed E-state index contributed by atoms with van der Waals surface area (Å²) in [6, 6.07) is 14.7. The molecule has 2 aromatic carbocycles. The molecule has 1 heterocycles. The molecule has 3 nitrogen and oxygen atoms in total. The number of pyridine rings is 1. The number of rotatable bonds is 3. The molecule has 0 saturated heterocycles. The molecule has 26 heavy (non-hydrogen) atoms. The predicted molar refractivity (Wildman–Crippen MR) is 94.1 cm³/mol. The lowest BCUT2D eigenvalue weighted by Crippen LogP contribution is -2.13. The largest absolute Gasteiger partial charge is 0.416 e. The Hall–Kier alpha value is -2.86. The third kappa shape index (κ3) is 4.03. The number of nitrogens with one attached hydrogen (secondary N) is 1. The van der Waals surface area contributed by atoms with Crippen LogP contribution < -0.4 is 5.32 Å². The minimum absolute atomic E-state index is 0.0556. The fraction of sp³-hybridized carbons (Fsp3) is 0.0526. The number of benzene rings is 2. The second kappa shape index (κ2) is 7.17. The number of alkyl halides is 3. The molecular formula is C19H12ClF3N2O. The van der Waals surface area contributed by atoms with Gasteiger partial charge in [0.2, 0.25) is 0 Å². The third-order valence-electron chi connectivity index (χ3n) is 3.62. The van der Waals surface area contributed by atoms with Gasteiger partial charge in [-0.1, -0.05) is 35.9 Å². The van der Waals surface area contributed by atoms with Gasteiger partial charge in [0, 0.05) is 22.5 Å². The van der Waals surface area contributed by atoms with Gasteiger partial charge in [-0.25, -0.2) is 0 Å². The molecule has 7 heteroatoms. The van der Waals surface area contributed by atoms with Gasteiger partial charge >= 0.3 is 6.18 Å². The Balaban J connectivity index is 1.78. The van der Waals surface area contributed by atoms with Crippen LogP contribution in [-0.2, 0) is 6.18 Å². The van der Waals surface area contributed by atoms with Crippen LogP contribution >= 0.6 is 11.6 Å². The zero-order valence-electron chi connectivity index (χ0n) is 13.2. The van der Waals surface area contributed by atoms with E-state index in [9.17, 15) is 18.0 Å². The van der Waals surface area contributed by atoms with Crippen molar-refractivity contribution in [2.24, 2.45) is 0 Å². The van der Waals surface area contributed by atoms with Crippen LogP contribution in [0.5, 0.6) is 0 Å². The molecule has 1 N–H and O–H groups in total. The smallest absolute Gasteiger partial charge is 0.322 e. The first-order chi connectivity index (χ1) is 12.3. The molecule has 1 aromatic heterocycles. The van der Waals surface area contributed by atoms with Gasteiger partial charge in [0.15, 0.2) is 0 Å². The maximum absolute atomic E-state index is 12.7. The molecule has 0 unspecified atom stereocenters. The third-order valence-corrected chi connectivity index (χ3v) is 3.95. The SMILES string of the molecule is O=C(Nc1cccc(C(F)(F)F)c1)c1ccc(-c2ccccc2Cl)nc1. The Morgan fingerprint density at radius 3 is 2.42 bits per heavy atom. The average Bonchev–Trinajstić information content (AvgIpc) is 2.62. The number of nitrogens with zero attached hydrogens (tertiary/aromatic N) is 1. The molecule has 0 aliphatic carbocycles. The summed E-state index contributed by atoms with van der Waals surface area (Å²) in [6.45, 7) is 0. The minimum Gasteiger partial charge on any atom is -0.322 e. The van der Waals surface area contributed by atoms with Gasteiger partial charge in [0.1, 0.15) is 0 Å². The van der Waals surface area contributed by atoms with Crippen molar-refractivity contribution in [1.82, 2.24) is 4.98 Å². The van der Waals surface area contributed by atoms with Crippen LogP contribution in [0.25, 0.3) is 11.3 Å². The Morgan fingerprint density at radius 2 is 1.77 bits per heavy atom. The lowest BCUT2D eigenvalue weighted by atomic mass is 10.1. The fourth-order valence-electron chi connectivity index (χ4n) is 2.33. The summed E-state index contributed by atoms with van der Waals surface area (Å²) in [6.07, 6.45) is -3.12. The Labute approximate surface area is 152 Å². The van der Waals surface area contributed by atoms with Gasteiger partial charge in [-0.2, -0.15) is 13.2 Å². The molecule has 3 aromatic rings. The van der Waals surface area contributed by atoms with E-state index in [-0.39, 0.29) is 11.3 Å². The number of hydrogen-bond acceptors (Lipinski definition) is 2. The molecular weight excluding hydrogens is 365 g/mol. The normalized spacial score (nSPS) is 11.2. The van der Waals surface area contributed by atoms with Crippen molar-refractivity contribution in [3.8, 4) is 11.3 Å². The van der Waals surface area contributed by atoms with E-state index in [4.69, 9.17) is 11.6 Å². The molecule has 0 aliphatic rings. The van der Waals surface area contributed by atoms with E-state index < -0.39 is 17.6 Å². The zero-order valence-corrected chi connectivity index (χ0v) is 14.0. The molecule has 0 fully saturated rings. The van der Waals surface area contributed by atoms with Crippen LogP contribution in [0.15, 0.2) is 66.9 Å². The number of carbonyl (C=O) groups is 1. The first-order valence-corrected chi connectivity index (χ1v) is 7.92. The Morgan fingerprint density at radius 1 is 1.00 bits per heavy atom. The van der Waals surface area contributed by atoms with Crippen LogP contribution in [0.4, 0.5) is 18.9 Å². The second-order valence-corrected chi connectivity index (χ2v) is 5.85. The molecule has 0 atom stereocenters. The molecule has 0 saturated carbocycles. The summed E-state index contributed by atoms with van der Waals surface area (Å²) in [5.74, 6) is -0.553. The van der Waals surface area contributed by atoms with Crippen molar-refractivity contribution in [3.63, 3.8) is 0 Å². The van der Waals surface area contributed by atoms with Crippen molar-refractivity contribution in [1.29, 1.82) is 0 Å². The van der Waals surface area contributed by atoms with Gasteiger partial charge < -0.3 is 5.32 Å². The summed E-state index contributed by atoms with van der Waals surface area (Å²) in [4.78, 5) is 16.4. The topological polar surface area (TPSA) is 42.0 Å². The highest BCUT2D eigenvalue weighted by atomic mass is 35.5. The number of halogens is 4. The van der Waals surface area contributed by atoms with Gasteiger partial charge in [-0.05, 0) is 36.4 Å². The minimum atomic E-state index is -4.47. The van der Waals surface area contributed by atoms with Crippen LogP contribution in [0, 0.1) is 0 Å². The first kappa shape index (κ1) is 17.9. The molecule has 0 radical (unpaired) electrons. The number of amides is 1. The van der Waals surface area contributed by atoms with Crippen LogP contribution in [-0.4, -0.2) is 10.9 Å². The lowest BCUT2D eigenvalue weighted by molar-refractivity contribution is -0.137. The van der Waals surface area contributed by atoms with E-state index in [2.05, 4.69) is 10.3 Å². The monoisotopic (exact) mass is 376 g/mol. The summed E-state index contributed by atoms with van der Waals surface area (Å²) in [7, 11) is 0. The maximum atomic E-state index is 12.7. The van der Waals surface area contributed by atoms with Crippen LogP contribution in [0.1, 0.15) is 15.9 Å². The van der Waals surface area contributed by atoms with Crippen molar-refractivity contribution in [3.05, 3.63) is 83.0 Å². The van der Waals surface area contributed by atoms with Crippen molar-refractivity contribution >= 4 is 23.2 Å². The van der Waals surface area contributed by atoms with Crippen molar-refractivity contribution in [2.75, 3.05) is 5.32 Å². The standard InChI is InChI=1S/C19H12ClF3N2O/c20-16-7-2-1-6-15(16)17-9-8-12(11-24-17)18(26)25-14-5-3-4-13(10-14)19(21,22)23/h1-11H,(H,25,26). The van der Waals surface area contributed by atoms with E-state index in [1.807, 2.05) is 6.07 Å². The molecule has 0 bridgehead atoms. The molecule has 132 valence electrons. The highest BCUT2D eigenvalue weighted by Crippen LogP contribution is 2.31. The first-order valence-electron chi connectivity index (χ1n) is 7.54. The molecule has 3 rings (SSSR count). The number of aromatic nitrogens is 1. The number of hydrogen-bond donors (Lipinski definition) is 1. The van der Waals surface area contributed by atoms with E-state index in [1.165, 1.54) is 24.4 Å². The summed E-state index contributed by atoms with van der Waals surface area (Å²) >= 11 is 6.11. The number of anilines is 1. The summed E-state index contributed by atoms with van der Waals surface area (Å²) < 4.78 is 38.2. The zero-order chi connectivity index (χ0) is 18.7. The van der Waals surface area contributed by atoms with Gasteiger partial charge in [0.25, 0.3) is 5.91 Å². The second-order valence-electron chi connectivity index (χ2n) is 5.44. The van der Waals surface area contributed by atoms with Gasteiger partial charge in [0.05, 0.1) is 16.8 Å². The van der Waals surface area contributed by atoms with Crippen LogP contribution in [0.2, 0.25) is 5.02 Å². The molecule has 1 amide bonds. The molecule has 0 spiro atoms. The van der Waals surface area contributed by atoms with E-state index in [1.54, 1.807) is 24.3 Å². The van der Waals surface area contributed by atoms with E-state index >= 15 is 0 Å². The van der Waals surface area contributed by atoms with Crippen LogP contribution in [0.3, 0.4) is 0 Å². The summed E-state index contributed by atoms with van der Waals surface area (Å²) in [5.41, 5.74) is 0.755. The average molecular weight is 377 g/mol.